The number of nitrogens with one attached hydrogen (secondary N) is 1. The van der Waals surface area contributed by atoms with E-state index in [1.54, 1.807) is 24.3 Å². The number of anilines is 1. The van der Waals surface area contributed by atoms with Gasteiger partial charge in [0.05, 0.1) is 10.4 Å². The lowest BCUT2D eigenvalue weighted by molar-refractivity contribution is -0.384. The van der Waals surface area contributed by atoms with Gasteiger partial charge in [0.15, 0.2) is 0 Å². The predicted octanol–water partition coefficient (Wildman–Crippen LogP) is 1.64. The van der Waals surface area contributed by atoms with Crippen molar-refractivity contribution in [1.82, 2.24) is 10.3 Å². The number of amides is 1. The van der Waals surface area contributed by atoms with E-state index in [-0.39, 0.29) is 17.9 Å². The highest BCUT2D eigenvalue weighted by molar-refractivity contribution is 6.11. The standard InChI is InChI=1S/C13H12N4O3/c1-2-7-15-13(18)10-8-5-3-4-6-9(8)16-12(14)11(10)17(19)20/h2-6H,1,7H2,(H2,14,16)(H,15,18). The zero-order chi connectivity index (χ0) is 14.7. The first-order valence-electron chi connectivity index (χ1n) is 5.78. The van der Waals surface area contributed by atoms with Crippen LogP contribution in [0.15, 0.2) is 36.9 Å². The van der Waals surface area contributed by atoms with Gasteiger partial charge in [-0.1, -0.05) is 24.3 Å². The molecule has 1 heterocycles. The Hall–Kier alpha value is -2.96. The molecule has 0 aliphatic carbocycles. The summed E-state index contributed by atoms with van der Waals surface area (Å²) in [5.41, 5.74) is 5.47. The molecule has 0 saturated heterocycles. The lowest BCUT2D eigenvalue weighted by Crippen LogP contribution is -2.25. The van der Waals surface area contributed by atoms with Gasteiger partial charge >= 0.3 is 5.69 Å². The monoisotopic (exact) mass is 272 g/mol. The van der Waals surface area contributed by atoms with Crippen LogP contribution >= 0.6 is 0 Å². The molecule has 1 aromatic heterocycles. The van der Waals surface area contributed by atoms with E-state index >= 15 is 0 Å². The van der Waals surface area contributed by atoms with Crippen LogP contribution in [0.2, 0.25) is 0 Å². The van der Waals surface area contributed by atoms with E-state index in [4.69, 9.17) is 5.73 Å². The van der Waals surface area contributed by atoms with Gasteiger partial charge in [-0.05, 0) is 6.07 Å². The Morgan fingerprint density at radius 3 is 2.85 bits per heavy atom. The Bertz CT molecular complexity index is 712. The third kappa shape index (κ3) is 2.28. The molecule has 0 fully saturated rings. The zero-order valence-corrected chi connectivity index (χ0v) is 10.5. The Labute approximate surface area is 114 Å². The van der Waals surface area contributed by atoms with Gasteiger partial charge in [0, 0.05) is 11.9 Å². The molecule has 0 atom stereocenters. The first-order valence-corrected chi connectivity index (χ1v) is 5.78. The van der Waals surface area contributed by atoms with Crippen LogP contribution < -0.4 is 11.1 Å². The van der Waals surface area contributed by atoms with Crippen LogP contribution in [0.25, 0.3) is 10.9 Å². The number of nitro groups is 1. The van der Waals surface area contributed by atoms with Gasteiger partial charge < -0.3 is 11.1 Å². The van der Waals surface area contributed by atoms with Crippen molar-refractivity contribution < 1.29 is 9.72 Å². The summed E-state index contributed by atoms with van der Waals surface area (Å²) in [7, 11) is 0. The highest BCUT2D eigenvalue weighted by atomic mass is 16.6. The minimum absolute atomic E-state index is 0.0834. The maximum Gasteiger partial charge on any atom is 0.324 e. The van der Waals surface area contributed by atoms with Crippen molar-refractivity contribution in [3.05, 3.63) is 52.6 Å². The second kappa shape index (κ2) is 5.35. The fraction of sp³-hybridized carbons (Fsp3) is 0.0769. The van der Waals surface area contributed by atoms with Gasteiger partial charge in [-0.15, -0.1) is 6.58 Å². The first-order chi connectivity index (χ1) is 9.56. The number of benzene rings is 1. The van der Waals surface area contributed by atoms with E-state index in [0.717, 1.165) is 0 Å². The Morgan fingerprint density at radius 1 is 1.50 bits per heavy atom. The van der Waals surface area contributed by atoms with Crippen LogP contribution in [0.3, 0.4) is 0 Å². The van der Waals surface area contributed by atoms with E-state index in [2.05, 4.69) is 16.9 Å². The molecular weight excluding hydrogens is 260 g/mol. The summed E-state index contributed by atoms with van der Waals surface area (Å²) >= 11 is 0. The second-order valence-electron chi connectivity index (χ2n) is 3.99. The quantitative estimate of drug-likeness (QED) is 0.499. The number of nitrogens with two attached hydrogens (primary N) is 1. The van der Waals surface area contributed by atoms with Crippen molar-refractivity contribution >= 4 is 28.3 Å². The van der Waals surface area contributed by atoms with Gasteiger partial charge in [0.25, 0.3) is 5.91 Å². The van der Waals surface area contributed by atoms with E-state index in [1.807, 2.05) is 0 Å². The SMILES string of the molecule is C=CCNC(=O)c1c([N+](=O)[O-])c(N)nc2ccccc12. The second-order valence-corrected chi connectivity index (χ2v) is 3.99. The summed E-state index contributed by atoms with van der Waals surface area (Å²) < 4.78 is 0. The Morgan fingerprint density at radius 2 is 2.20 bits per heavy atom. The summed E-state index contributed by atoms with van der Waals surface area (Å²) in [6.45, 7) is 3.68. The summed E-state index contributed by atoms with van der Waals surface area (Å²) in [4.78, 5) is 26.6. The van der Waals surface area contributed by atoms with Crippen LogP contribution in [0.4, 0.5) is 11.5 Å². The van der Waals surface area contributed by atoms with Gasteiger partial charge in [-0.3, -0.25) is 14.9 Å². The smallest absolute Gasteiger partial charge is 0.324 e. The zero-order valence-electron chi connectivity index (χ0n) is 10.5. The van der Waals surface area contributed by atoms with Crippen LogP contribution in [-0.4, -0.2) is 22.4 Å². The summed E-state index contributed by atoms with van der Waals surface area (Å²) in [5.74, 6) is -0.862. The van der Waals surface area contributed by atoms with Crippen LogP contribution in [-0.2, 0) is 0 Å². The number of para-hydroxylation sites is 1. The minimum atomic E-state index is -0.697. The molecule has 0 bridgehead atoms. The number of hydrogen-bond donors (Lipinski definition) is 2. The van der Waals surface area contributed by atoms with E-state index in [1.165, 1.54) is 6.08 Å². The Kier molecular flexibility index (Phi) is 3.60. The van der Waals surface area contributed by atoms with Crippen molar-refractivity contribution in [3.63, 3.8) is 0 Å². The fourth-order valence-corrected chi connectivity index (χ4v) is 1.89. The lowest BCUT2D eigenvalue weighted by atomic mass is 10.1. The molecule has 7 nitrogen and oxygen atoms in total. The van der Waals surface area contributed by atoms with Crippen molar-refractivity contribution in [1.29, 1.82) is 0 Å². The molecular formula is C13H12N4O3. The van der Waals surface area contributed by atoms with Gasteiger partial charge in [-0.2, -0.15) is 0 Å². The maximum absolute atomic E-state index is 12.1. The van der Waals surface area contributed by atoms with Gasteiger partial charge in [-0.25, -0.2) is 4.98 Å². The number of nitrogen functional groups attached to an aromatic ring is 1. The number of rotatable bonds is 4. The highest BCUT2D eigenvalue weighted by Gasteiger charge is 2.27. The molecule has 2 aromatic rings. The molecule has 0 spiro atoms. The number of carbonyl (C=O) groups excluding carboxylic acids is 1. The molecule has 7 heteroatoms. The fourth-order valence-electron chi connectivity index (χ4n) is 1.89. The van der Waals surface area contributed by atoms with E-state index in [9.17, 15) is 14.9 Å². The van der Waals surface area contributed by atoms with Crippen LogP contribution in [0.1, 0.15) is 10.4 Å². The number of aromatic nitrogens is 1. The van der Waals surface area contributed by atoms with E-state index in [0.29, 0.717) is 10.9 Å². The molecule has 1 amide bonds. The minimum Gasteiger partial charge on any atom is -0.378 e. The van der Waals surface area contributed by atoms with Gasteiger partial charge in [0.2, 0.25) is 5.82 Å². The third-order valence-electron chi connectivity index (χ3n) is 2.71. The molecule has 0 unspecified atom stereocenters. The molecule has 0 aliphatic heterocycles. The molecule has 0 saturated carbocycles. The lowest BCUT2D eigenvalue weighted by Gasteiger charge is -2.08. The van der Waals surface area contributed by atoms with Crippen molar-refractivity contribution in [3.8, 4) is 0 Å². The topological polar surface area (TPSA) is 111 Å². The summed E-state index contributed by atoms with van der Waals surface area (Å²) in [6, 6.07) is 6.62. The maximum atomic E-state index is 12.1. The average molecular weight is 272 g/mol. The number of carbonyl (C=O) groups is 1. The number of pyridine rings is 1. The molecule has 0 aliphatic rings. The molecule has 2 rings (SSSR count). The normalized spacial score (nSPS) is 10.2. The molecule has 102 valence electrons. The van der Waals surface area contributed by atoms with E-state index < -0.39 is 16.5 Å². The molecule has 0 radical (unpaired) electrons. The first kappa shape index (κ1) is 13.5. The third-order valence-corrected chi connectivity index (χ3v) is 2.71. The molecule has 1 aromatic carbocycles. The van der Waals surface area contributed by atoms with Crippen molar-refractivity contribution in [2.45, 2.75) is 0 Å². The highest BCUT2D eigenvalue weighted by Crippen LogP contribution is 2.31. The summed E-state index contributed by atoms with van der Waals surface area (Å²) in [6.07, 6.45) is 1.48. The van der Waals surface area contributed by atoms with Gasteiger partial charge in [0.1, 0.15) is 5.56 Å². The number of fused-ring (bicyclic) bond motifs is 1. The average Bonchev–Trinajstić information content (AvgIpc) is 2.42. The number of nitrogens with zero attached hydrogens (tertiary/aromatic N) is 2. The largest absolute Gasteiger partial charge is 0.378 e. The molecule has 20 heavy (non-hydrogen) atoms. The number of hydrogen-bond acceptors (Lipinski definition) is 5. The van der Waals surface area contributed by atoms with Crippen LogP contribution in [0.5, 0.6) is 0 Å². The molecule has 3 N–H and O–H groups in total. The summed E-state index contributed by atoms with van der Waals surface area (Å²) in [5, 5.41) is 14.1. The van der Waals surface area contributed by atoms with Crippen molar-refractivity contribution in [2.75, 3.05) is 12.3 Å². The predicted molar refractivity (Wildman–Crippen MR) is 75.3 cm³/mol. The van der Waals surface area contributed by atoms with Crippen molar-refractivity contribution in [2.24, 2.45) is 0 Å². The van der Waals surface area contributed by atoms with Crippen LogP contribution in [0, 0.1) is 10.1 Å². The Balaban J connectivity index is 2.75.